The fourth-order valence-corrected chi connectivity index (χ4v) is 5.44. The van der Waals surface area contributed by atoms with Crippen molar-refractivity contribution in [1.82, 2.24) is 15.5 Å². The first-order valence-electron chi connectivity index (χ1n) is 12.5. The number of piperidine rings is 1. The number of aromatic hydroxyl groups is 2. The highest BCUT2D eigenvalue weighted by molar-refractivity contribution is 5.85. The molecule has 4 atom stereocenters. The van der Waals surface area contributed by atoms with Gasteiger partial charge in [-0.1, -0.05) is 45.9 Å². The van der Waals surface area contributed by atoms with Gasteiger partial charge in [0, 0.05) is 25.7 Å². The second-order valence-corrected chi connectivity index (χ2v) is 10.8. The van der Waals surface area contributed by atoms with E-state index in [0.717, 1.165) is 37.2 Å². The average Bonchev–Trinajstić information content (AvgIpc) is 2.80. The molecule has 0 aromatic heterocycles. The van der Waals surface area contributed by atoms with Gasteiger partial charge in [-0.2, -0.15) is 0 Å². The van der Waals surface area contributed by atoms with E-state index in [1.165, 1.54) is 5.56 Å². The number of carbonyl (C=O) groups is 1. The van der Waals surface area contributed by atoms with Gasteiger partial charge in [0.1, 0.15) is 11.5 Å². The van der Waals surface area contributed by atoms with Crippen molar-refractivity contribution in [3.8, 4) is 11.5 Å². The first kappa shape index (κ1) is 30.2. The Balaban J connectivity index is 0.00000228. The van der Waals surface area contributed by atoms with Crippen molar-refractivity contribution in [2.45, 2.75) is 64.6 Å². The average molecular weight is 539 g/mol. The van der Waals surface area contributed by atoms with Gasteiger partial charge in [0.2, 0.25) is 5.91 Å². The van der Waals surface area contributed by atoms with Gasteiger partial charge in [-0.3, -0.25) is 4.79 Å². The number of rotatable bonds is 6. The zero-order valence-corrected chi connectivity index (χ0v) is 23.3. The van der Waals surface area contributed by atoms with E-state index in [1.54, 1.807) is 18.2 Å². The Morgan fingerprint density at radius 3 is 2.53 bits per heavy atom. The van der Waals surface area contributed by atoms with E-state index in [4.69, 9.17) is 0 Å². The van der Waals surface area contributed by atoms with Gasteiger partial charge in [-0.05, 0) is 77.6 Å². The number of hydrogen-bond donors (Lipinski definition) is 4. The second kappa shape index (κ2) is 12.5. The Labute approximate surface area is 227 Å². The molecule has 2 aliphatic rings. The predicted molar refractivity (Wildman–Crippen MR) is 149 cm³/mol. The van der Waals surface area contributed by atoms with Crippen molar-refractivity contribution in [3.05, 3.63) is 59.2 Å². The van der Waals surface area contributed by atoms with Crippen LogP contribution >= 0.6 is 24.8 Å². The summed E-state index contributed by atoms with van der Waals surface area (Å²) >= 11 is 0. The van der Waals surface area contributed by atoms with Crippen LogP contribution in [0.15, 0.2) is 42.5 Å². The first-order chi connectivity index (χ1) is 16.2. The fourth-order valence-electron chi connectivity index (χ4n) is 5.44. The molecule has 200 valence electrons. The largest absolute Gasteiger partial charge is 0.508 e. The van der Waals surface area contributed by atoms with Crippen molar-refractivity contribution in [3.63, 3.8) is 0 Å². The summed E-state index contributed by atoms with van der Waals surface area (Å²) < 4.78 is 0. The summed E-state index contributed by atoms with van der Waals surface area (Å²) in [5, 5.41) is 26.3. The molecule has 1 fully saturated rings. The number of fused-ring (bicyclic) bond motifs is 1. The van der Waals surface area contributed by atoms with Crippen LogP contribution in [-0.2, 0) is 23.2 Å². The molecule has 1 saturated heterocycles. The highest BCUT2D eigenvalue weighted by atomic mass is 35.5. The molecule has 0 spiro atoms. The monoisotopic (exact) mass is 537 g/mol. The zero-order valence-electron chi connectivity index (χ0n) is 21.7. The summed E-state index contributed by atoms with van der Waals surface area (Å²) in [5.41, 5.74) is 3.40. The maximum atomic E-state index is 13.2. The minimum Gasteiger partial charge on any atom is -0.508 e. The van der Waals surface area contributed by atoms with E-state index in [9.17, 15) is 15.0 Å². The van der Waals surface area contributed by atoms with E-state index in [2.05, 4.69) is 49.3 Å². The topological polar surface area (TPSA) is 84.8 Å². The molecule has 2 aliphatic heterocycles. The summed E-state index contributed by atoms with van der Waals surface area (Å²) in [7, 11) is 0. The molecule has 8 heteroatoms. The SMILES string of the molecule is CC(C)[C@@H](CN1CC[C@](C)(c2cccc(O)c2)[C@@H](C)C1)NC(=O)[C@@H]1Cc2ccc(O)cc2CN1.Cl.Cl. The van der Waals surface area contributed by atoms with Gasteiger partial charge in [-0.25, -0.2) is 0 Å². The highest BCUT2D eigenvalue weighted by Gasteiger charge is 2.39. The summed E-state index contributed by atoms with van der Waals surface area (Å²) in [4.78, 5) is 15.6. The molecule has 4 N–H and O–H groups in total. The van der Waals surface area contributed by atoms with Crippen molar-refractivity contribution >= 4 is 30.7 Å². The van der Waals surface area contributed by atoms with Gasteiger partial charge in [0.15, 0.2) is 0 Å². The minimum absolute atomic E-state index is 0. The Morgan fingerprint density at radius 1 is 1.14 bits per heavy atom. The fraction of sp³-hybridized carbons (Fsp3) is 0.536. The molecule has 0 saturated carbocycles. The Bertz CT molecular complexity index is 1030. The summed E-state index contributed by atoms with van der Waals surface area (Å²) in [6, 6.07) is 12.9. The lowest BCUT2D eigenvalue weighted by Gasteiger charge is -2.46. The molecule has 0 bridgehead atoms. The van der Waals surface area contributed by atoms with E-state index in [0.29, 0.717) is 30.6 Å². The number of likely N-dealkylation sites (tertiary alicyclic amines) is 1. The van der Waals surface area contributed by atoms with E-state index < -0.39 is 0 Å². The van der Waals surface area contributed by atoms with Crippen LogP contribution in [0, 0.1) is 11.8 Å². The molecule has 4 rings (SSSR count). The maximum absolute atomic E-state index is 13.2. The number of benzene rings is 2. The van der Waals surface area contributed by atoms with Crippen molar-refractivity contribution in [2.24, 2.45) is 11.8 Å². The molecular formula is C28H41Cl2N3O3. The standard InChI is InChI=1S/C28H39N3O3.2ClH/c1-18(2)26(30-27(34)25-13-20-8-9-24(33)12-21(20)15-29-25)17-31-11-10-28(4,19(3)16-31)22-6-5-7-23(32)14-22;;/h5-9,12,14,18-19,25-26,29,32-33H,10-11,13,15-17H2,1-4H3,(H,30,34);2*1H/t19-,25-,26+,28-;;/m0../s1. The molecule has 0 unspecified atom stereocenters. The Kier molecular flexibility index (Phi) is 10.5. The molecule has 0 radical (unpaired) electrons. The van der Waals surface area contributed by atoms with Crippen LogP contribution in [-0.4, -0.2) is 52.7 Å². The number of amides is 1. The van der Waals surface area contributed by atoms with E-state index in [1.807, 2.05) is 18.2 Å². The number of hydrogen-bond acceptors (Lipinski definition) is 5. The lowest BCUT2D eigenvalue weighted by molar-refractivity contribution is -0.124. The Hall–Kier alpha value is -1.99. The third-order valence-corrected chi connectivity index (χ3v) is 8.13. The zero-order chi connectivity index (χ0) is 24.5. The number of phenols is 2. The molecule has 2 aromatic rings. The Morgan fingerprint density at radius 2 is 1.86 bits per heavy atom. The van der Waals surface area contributed by atoms with Crippen LogP contribution in [0.3, 0.4) is 0 Å². The molecule has 2 heterocycles. The number of phenolic OH excluding ortho intramolecular Hbond substituents is 2. The second-order valence-electron chi connectivity index (χ2n) is 10.8. The molecule has 6 nitrogen and oxygen atoms in total. The van der Waals surface area contributed by atoms with Crippen LogP contribution in [0.1, 0.15) is 50.8 Å². The highest BCUT2D eigenvalue weighted by Crippen LogP contribution is 2.40. The lowest BCUT2D eigenvalue weighted by Crippen LogP contribution is -2.56. The first-order valence-corrected chi connectivity index (χ1v) is 12.5. The third kappa shape index (κ3) is 6.65. The molecular weight excluding hydrogens is 497 g/mol. The number of nitrogens with zero attached hydrogens (tertiary/aromatic N) is 1. The molecule has 1 amide bonds. The van der Waals surface area contributed by atoms with Crippen LogP contribution in [0.4, 0.5) is 0 Å². The normalized spacial score (nSPS) is 24.7. The van der Waals surface area contributed by atoms with Gasteiger partial charge < -0.3 is 25.7 Å². The van der Waals surface area contributed by atoms with Gasteiger partial charge in [0.25, 0.3) is 0 Å². The van der Waals surface area contributed by atoms with Gasteiger partial charge in [0.05, 0.1) is 6.04 Å². The molecule has 2 aromatic carbocycles. The predicted octanol–water partition coefficient (Wildman–Crippen LogP) is 4.40. The van der Waals surface area contributed by atoms with E-state index >= 15 is 0 Å². The number of nitrogens with one attached hydrogen (secondary N) is 2. The van der Waals surface area contributed by atoms with Crippen LogP contribution in [0.2, 0.25) is 0 Å². The van der Waals surface area contributed by atoms with Crippen LogP contribution in [0.25, 0.3) is 0 Å². The maximum Gasteiger partial charge on any atom is 0.237 e. The minimum atomic E-state index is -0.257. The summed E-state index contributed by atoms with van der Waals surface area (Å²) in [6.45, 7) is 12.3. The lowest BCUT2D eigenvalue weighted by atomic mass is 9.68. The number of halogens is 2. The van der Waals surface area contributed by atoms with Crippen LogP contribution in [0.5, 0.6) is 11.5 Å². The smallest absolute Gasteiger partial charge is 0.237 e. The number of carbonyl (C=O) groups excluding carboxylic acids is 1. The van der Waals surface area contributed by atoms with Crippen LogP contribution < -0.4 is 10.6 Å². The summed E-state index contributed by atoms with van der Waals surface area (Å²) in [6.07, 6.45) is 1.65. The van der Waals surface area contributed by atoms with Gasteiger partial charge in [-0.15, -0.1) is 24.8 Å². The van der Waals surface area contributed by atoms with Crippen molar-refractivity contribution in [2.75, 3.05) is 19.6 Å². The third-order valence-electron chi connectivity index (χ3n) is 8.13. The molecule has 0 aliphatic carbocycles. The van der Waals surface area contributed by atoms with E-state index in [-0.39, 0.29) is 54.0 Å². The van der Waals surface area contributed by atoms with Crippen molar-refractivity contribution < 1.29 is 15.0 Å². The summed E-state index contributed by atoms with van der Waals surface area (Å²) in [5.74, 6) is 1.39. The van der Waals surface area contributed by atoms with Gasteiger partial charge >= 0.3 is 0 Å². The quantitative estimate of drug-likeness (QED) is 0.439. The van der Waals surface area contributed by atoms with Crippen molar-refractivity contribution in [1.29, 1.82) is 0 Å². The molecule has 36 heavy (non-hydrogen) atoms.